The number of carbonyl (C=O) groups is 3. The van der Waals surface area contributed by atoms with Crippen molar-refractivity contribution < 1.29 is 19.1 Å². The van der Waals surface area contributed by atoms with Crippen molar-refractivity contribution in [2.75, 3.05) is 39.1 Å². The standard InChI is InChI=1S/C16H22ClN3O4/c1-20(10-14(21)18-9-5-8-16(23)24-2)11-15(22)19-13-7-4-3-6-12(13)17/h3-4,6-7H,5,8-11H2,1-2H3,(H,18,21)(H,19,22). The number of hydrogen-bond donors (Lipinski definition) is 2. The summed E-state index contributed by atoms with van der Waals surface area (Å²) in [5, 5.41) is 5.83. The molecule has 0 aliphatic heterocycles. The maximum atomic E-state index is 11.9. The van der Waals surface area contributed by atoms with Crippen LogP contribution in [0, 0.1) is 0 Å². The third kappa shape index (κ3) is 7.94. The van der Waals surface area contributed by atoms with Crippen molar-refractivity contribution in [2.45, 2.75) is 12.8 Å². The number of rotatable bonds is 9. The zero-order valence-corrected chi connectivity index (χ0v) is 14.6. The van der Waals surface area contributed by atoms with Crippen molar-refractivity contribution in [3.8, 4) is 0 Å². The number of esters is 1. The van der Waals surface area contributed by atoms with E-state index >= 15 is 0 Å². The maximum absolute atomic E-state index is 11.9. The Bertz CT molecular complexity index is 580. The summed E-state index contributed by atoms with van der Waals surface area (Å²) in [4.78, 5) is 36.2. The molecule has 0 heterocycles. The van der Waals surface area contributed by atoms with Crippen LogP contribution >= 0.6 is 11.6 Å². The molecule has 0 aliphatic rings. The summed E-state index contributed by atoms with van der Waals surface area (Å²) in [6, 6.07) is 6.93. The van der Waals surface area contributed by atoms with E-state index in [4.69, 9.17) is 11.6 Å². The van der Waals surface area contributed by atoms with Gasteiger partial charge in [-0.3, -0.25) is 19.3 Å². The molecule has 0 atom stereocenters. The van der Waals surface area contributed by atoms with Gasteiger partial charge in [0, 0.05) is 13.0 Å². The number of hydrogen-bond acceptors (Lipinski definition) is 5. The number of nitrogens with zero attached hydrogens (tertiary/aromatic N) is 1. The molecule has 0 saturated carbocycles. The Morgan fingerprint density at radius 1 is 1.17 bits per heavy atom. The first-order valence-electron chi connectivity index (χ1n) is 7.48. The number of halogens is 1. The summed E-state index contributed by atoms with van der Waals surface area (Å²) in [7, 11) is 2.99. The zero-order chi connectivity index (χ0) is 17.9. The molecule has 0 saturated heterocycles. The van der Waals surface area contributed by atoms with Crippen LogP contribution in [0.3, 0.4) is 0 Å². The molecule has 0 fully saturated rings. The van der Waals surface area contributed by atoms with Crippen LogP contribution < -0.4 is 10.6 Å². The Morgan fingerprint density at radius 2 is 1.83 bits per heavy atom. The van der Waals surface area contributed by atoms with Crippen molar-refractivity contribution in [1.29, 1.82) is 0 Å². The Hall–Kier alpha value is -2.12. The van der Waals surface area contributed by atoms with Gasteiger partial charge in [-0.25, -0.2) is 0 Å². The van der Waals surface area contributed by atoms with Gasteiger partial charge in [0.25, 0.3) is 0 Å². The topological polar surface area (TPSA) is 87.7 Å². The van der Waals surface area contributed by atoms with Crippen LogP contribution in [0.2, 0.25) is 5.02 Å². The molecule has 0 radical (unpaired) electrons. The first-order valence-corrected chi connectivity index (χ1v) is 7.86. The van der Waals surface area contributed by atoms with E-state index in [0.717, 1.165) is 0 Å². The molecule has 8 heteroatoms. The first-order chi connectivity index (χ1) is 11.4. The third-order valence-electron chi connectivity index (χ3n) is 3.08. The van der Waals surface area contributed by atoms with E-state index in [1.54, 1.807) is 36.2 Å². The predicted octanol–water partition coefficient (Wildman–Crippen LogP) is 1.28. The number of anilines is 1. The minimum atomic E-state index is -0.308. The largest absolute Gasteiger partial charge is 0.469 e. The lowest BCUT2D eigenvalue weighted by atomic mass is 10.3. The fraction of sp³-hybridized carbons (Fsp3) is 0.438. The summed E-state index contributed by atoms with van der Waals surface area (Å²) >= 11 is 5.97. The SMILES string of the molecule is COC(=O)CCCNC(=O)CN(C)CC(=O)Nc1ccccc1Cl. The molecule has 132 valence electrons. The normalized spacial score (nSPS) is 10.3. The number of likely N-dealkylation sites (N-methyl/N-ethyl adjacent to an activating group) is 1. The van der Waals surface area contributed by atoms with Crippen molar-refractivity contribution in [1.82, 2.24) is 10.2 Å². The van der Waals surface area contributed by atoms with Gasteiger partial charge in [0.1, 0.15) is 0 Å². The second-order valence-corrected chi connectivity index (χ2v) is 5.64. The van der Waals surface area contributed by atoms with Gasteiger partial charge in [-0.2, -0.15) is 0 Å². The summed E-state index contributed by atoms with van der Waals surface area (Å²) in [5.41, 5.74) is 0.532. The van der Waals surface area contributed by atoms with Gasteiger partial charge in [0.05, 0.1) is 30.9 Å². The van der Waals surface area contributed by atoms with Crippen LogP contribution in [0.1, 0.15) is 12.8 Å². The number of para-hydroxylation sites is 1. The monoisotopic (exact) mass is 355 g/mol. The highest BCUT2D eigenvalue weighted by Gasteiger charge is 2.12. The molecule has 0 unspecified atom stereocenters. The lowest BCUT2D eigenvalue weighted by Crippen LogP contribution is -2.39. The van der Waals surface area contributed by atoms with E-state index in [0.29, 0.717) is 23.7 Å². The second kappa shape index (κ2) is 10.6. The molecule has 1 rings (SSSR count). The van der Waals surface area contributed by atoms with Crippen molar-refractivity contribution in [2.24, 2.45) is 0 Å². The van der Waals surface area contributed by atoms with Crippen molar-refractivity contribution in [3.05, 3.63) is 29.3 Å². The highest BCUT2D eigenvalue weighted by Crippen LogP contribution is 2.20. The van der Waals surface area contributed by atoms with Crippen LogP contribution in [0.25, 0.3) is 0 Å². The summed E-state index contributed by atoms with van der Waals surface area (Å²) in [5.74, 6) is -0.783. The minimum Gasteiger partial charge on any atom is -0.469 e. The average Bonchev–Trinajstić information content (AvgIpc) is 2.53. The maximum Gasteiger partial charge on any atom is 0.305 e. The van der Waals surface area contributed by atoms with E-state index < -0.39 is 0 Å². The second-order valence-electron chi connectivity index (χ2n) is 5.23. The number of carbonyl (C=O) groups excluding carboxylic acids is 3. The summed E-state index contributed by atoms with van der Waals surface area (Å²) < 4.78 is 4.51. The highest BCUT2D eigenvalue weighted by molar-refractivity contribution is 6.33. The molecule has 1 aromatic rings. The van der Waals surface area contributed by atoms with Crippen molar-refractivity contribution >= 4 is 35.1 Å². The molecular formula is C16H22ClN3O4. The molecule has 24 heavy (non-hydrogen) atoms. The Morgan fingerprint density at radius 3 is 2.50 bits per heavy atom. The Kier molecular flexibility index (Phi) is 8.81. The van der Waals surface area contributed by atoms with Gasteiger partial charge in [0.15, 0.2) is 0 Å². The Balaban J connectivity index is 2.26. The van der Waals surface area contributed by atoms with E-state index in [2.05, 4.69) is 15.4 Å². The third-order valence-corrected chi connectivity index (χ3v) is 3.41. The zero-order valence-electron chi connectivity index (χ0n) is 13.8. The molecule has 1 aromatic carbocycles. The lowest BCUT2D eigenvalue weighted by Gasteiger charge is -2.16. The van der Waals surface area contributed by atoms with Crippen LogP contribution in [0.5, 0.6) is 0 Å². The number of amides is 2. The molecule has 0 spiro atoms. The minimum absolute atomic E-state index is 0.0564. The van der Waals surface area contributed by atoms with Crippen LogP contribution in [0.4, 0.5) is 5.69 Å². The van der Waals surface area contributed by atoms with E-state index in [1.807, 2.05) is 0 Å². The fourth-order valence-corrected chi connectivity index (χ4v) is 2.10. The fourth-order valence-electron chi connectivity index (χ4n) is 1.92. The van der Waals surface area contributed by atoms with Crippen LogP contribution in [-0.2, 0) is 19.1 Å². The molecule has 2 N–H and O–H groups in total. The Labute approximate surface area is 146 Å². The number of methoxy groups -OCH3 is 1. The molecule has 7 nitrogen and oxygen atoms in total. The summed E-state index contributed by atoms with van der Waals surface area (Å²) in [6.07, 6.45) is 0.766. The van der Waals surface area contributed by atoms with Gasteiger partial charge in [-0.15, -0.1) is 0 Å². The van der Waals surface area contributed by atoms with Gasteiger partial charge in [0.2, 0.25) is 11.8 Å². The van der Waals surface area contributed by atoms with Gasteiger partial charge >= 0.3 is 5.97 Å². The smallest absolute Gasteiger partial charge is 0.305 e. The molecule has 2 amide bonds. The highest BCUT2D eigenvalue weighted by atomic mass is 35.5. The van der Waals surface area contributed by atoms with Crippen molar-refractivity contribution in [3.63, 3.8) is 0 Å². The molecule has 0 aromatic heterocycles. The van der Waals surface area contributed by atoms with Crippen LogP contribution in [-0.4, -0.2) is 56.5 Å². The first kappa shape index (κ1) is 19.9. The van der Waals surface area contributed by atoms with Gasteiger partial charge in [-0.05, 0) is 25.6 Å². The number of nitrogens with one attached hydrogen (secondary N) is 2. The van der Waals surface area contributed by atoms with E-state index in [9.17, 15) is 14.4 Å². The van der Waals surface area contributed by atoms with E-state index in [-0.39, 0.29) is 37.3 Å². The summed E-state index contributed by atoms with van der Waals surface area (Å²) in [6.45, 7) is 0.516. The molecule has 0 aliphatic carbocycles. The number of ether oxygens (including phenoxy) is 1. The molecule has 0 bridgehead atoms. The quantitative estimate of drug-likeness (QED) is 0.514. The molecular weight excluding hydrogens is 334 g/mol. The number of benzene rings is 1. The van der Waals surface area contributed by atoms with E-state index in [1.165, 1.54) is 7.11 Å². The van der Waals surface area contributed by atoms with Crippen LogP contribution in [0.15, 0.2) is 24.3 Å². The lowest BCUT2D eigenvalue weighted by molar-refractivity contribution is -0.140. The average molecular weight is 356 g/mol. The van der Waals surface area contributed by atoms with Gasteiger partial charge < -0.3 is 15.4 Å². The van der Waals surface area contributed by atoms with Gasteiger partial charge in [-0.1, -0.05) is 23.7 Å². The predicted molar refractivity (Wildman–Crippen MR) is 91.8 cm³/mol.